The summed E-state index contributed by atoms with van der Waals surface area (Å²) in [5.41, 5.74) is 1.23. The van der Waals surface area contributed by atoms with Crippen molar-refractivity contribution in [2.45, 2.75) is 39.0 Å². The lowest BCUT2D eigenvalue weighted by atomic mass is 10.0. The molecule has 0 bridgehead atoms. The lowest BCUT2D eigenvalue weighted by molar-refractivity contribution is 0.0523. The van der Waals surface area contributed by atoms with Crippen LogP contribution >= 0.6 is 0 Å². The molecule has 2 heterocycles. The first kappa shape index (κ1) is 13.9. The van der Waals surface area contributed by atoms with Gasteiger partial charge in [0.1, 0.15) is 5.82 Å². The van der Waals surface area contributed by atoms with E-state index in [1.807, 2.05) is 13.8 Å². The van der Waals surface area contributed by atoms with Gasteiger partial charge in [0.15, 0.2) is 0 Å². The number of hydrogen-bond acceptors (Lipinski definition) is 5. The zero-order valence-corrected chi connectivity index (χ0v) is 11.7. The Balaban J connectivity index is 2.31. The van der Waals surface area contributed by atoms with Gasteiger partial charge in [0.05, 0.1) is 24.5 Å². The Bertz CT molecular complexity index is 454. The number of rotatable bonds is 4. The Hall–Kier alpha value is -1.49. The van der Waals surface area contributed by atoms with Crippen molar-refractivity contribution < 1.29 is 14.3 Å². The normalized spacial score (nSPS) is 18.8. The molecule has 0 N–H and O–H groups in total. The second-order valence-electron chi connectivity index (χ2n) is 4.96. The molecule has 1 aliphatic rings. The molecule has 5 heteroatoms. The number of carbonyl (C=O) groups is 1. The van der Waals surface area contributed by atoms with E-state index in [9.17, 15) is 4.79 Å². The topological polar surface area (TPSA) is 61.3 Å². The number of aromatic nitrogens is 2. The third-order valence-corrected chi connectivity index (χ3v) is 3.17. The van der Waals surface area contributed by atoms with Crippen LogP contribution in [0.25, 0.3) is 0 Å². The van der Waals surface area contributed by atoms with E-state index in [0.29, 0.717) is 18.8 Å². The number of esters is 1. The van der Waals surface area contributed by atoms with Crippen molar-refractivity contribution in [2.24, 2.45) is 0 Å². The van der Waals surface area contributed by atoms with Crippen molar-refractivity contribution in [3.63, 3.8) is 0 Å². The second-order valence-corrected chi connectivity index (χ2v) is 4.96. The van der Waals surface area contributed by atoms with E-state index in [0.717, 1.165) is 24.5 Å². The van der Waals surface area contributed by atoms with E-state index in [2.05, 4.69) is 9.97 Å². The molecule has 2 rings (SSSR count). The smallest absolute Gasteiger partial charge is 0.341 e. The first-order chi connectivity index (χ1) is 9.13. The molecule has 1 fully saturated rings. The summed E-state index contributed by atoms with van der Waals surface area (Å²) in [4.78, 5) is 20.8. The molecule has 1 atom stereocenters. The van der Waals surface area contributed by atoms with Gasteiger partial charge in [-0.15, -0.1) is 0 Å². The minimum absolute atomic E-state index is 0.156. The monoisotopic (exact) mass is 264 g/mol. The first-order valence-corrected chi connectivity index (χ1v) is 6.75. The molecule has 0 aromatic carbocycles. The number of hydrogen-bond donors (Lipinski definition) is 0. The molecule has 1 saturated heterocycles. The Morgan fingerprint density at radius 3 is 2.95 bits per heavy atom. The molecule has 0 aliphatic carbocycles. The predicted molar refractivity (Wildman–Crippen MR) is 70.3 cm³/mol. The van der Waals surface area contributed by atoms with Crippen molar-refractivity contribution in [1.29, 1.82) is 0 Å². The summed E-state index contributed by atoms with van der Waals surface area (Å²) in [5.74, 6) is 0.826. The molecule has 5 nitrogen and oxygen atoms in total. The van der Waals surface area contributed by atoms with Crippen LogP contribution in [0.15, 0.2) is 6.20 Å². The Labute approximate surface area is 113 Å². The fraction of sp³-hybridized carbons (Fsp3) is 0.643. The maximum Gasteiger partial charge on any atom is 0.341 e. The molecular weight excluding hydrogens is 244 g/mol. The quantitative estimate of drug-likeness (QED) is 0.781. The van der Waals surface area contributed by atoms with E-state index in [-0.39, 0.29) is 17.8 Å². The highest BCUT2D eigenvalue weighted by Crippen LogP contribution is 2.25. The van der Waals surface area contributed by atoms with Crippen molar-refractivity contribution in [1.82, 2.24) is 9.97 Å². The highest BCUT2D eigenvalue weighted by Gasteiger charge is 2.24. The molecule has 1 unspecified atom stereocenters. The Kier molecular flexibility index (Phi) is 4.47. The van der Waals surface area contributed by atoms with Crippen LogP contribution in [0.3, 0.4) is 0 Å². The predicted octanol–water partition coefficient (Wildman–Crippen LogP) is 2.28. The van der Waals surface area contributed by atoms with Crippen LogP contribution in [0.1, 0.15) is 60.9 Å². The van der Waals surface area contributed by atoms with E-state index >= 15 is 0 Å². The first-order valence-electron chi connectivity index (χ1n) is 6.75. The summed E-state index contributed by atoms with van der Waals surface area (Å²) in [6.07, 6.45) is 2.53. The van der Waals surface area contributed by atoms with E-state index in [1.54, 1.807) is 13.1 Å². The average Bonchev–Trinajstić information content (AvgIpc) is 2.92. The van der Waals surface area contributed by atoms with Crippen LogP contribution in [0, 0.1) is 0 Å². The molecule has 19 heavy (non-hydrogen) atoms. The van der Waals surface area contributed by atoms with Crippen LogP contribution in [0.4, 0.5) is 0 Å². The molecule has 104 valence electrons. The van der Waals surface area contributed by atoms with Crippen molar-refractivity contribution in [3.8, 4) is 0 Å². The number of carbonyl (C=O) groups excluding carboxylic acids is 1. The minimum atomic E-state index is -0.347. The van der Waals surface area contributed by atoms with Gasteiger partial charge in [-0.25, -0.2) is 14.8 Å². The third kappa shape index (κ3) is 3.10. The molecular formula is C14H20N2O3. The van der Waals surface area contributed by atoms with E-state index < -0.39 is 0 Å². The van der Waals surface area contributed by atoms with Gasteiger partial charge in [0, 0.05) is 18.7 Å². The van der Waals surface area contributed by atoms with Crippen LogP contribution in [0.2, 0.25) is 0 Å². The van der Waals surface area contributed by atoms with Gasteiger partial charge in [-0.3, -0.25) is 0 Å². The largest absolute Gasteiger partial charge is 0.462 e. The second kappa shape index (κ2) is 6.10. The molecule has 0 radical (unpaired) electrons. The van der Waals surface area contributed by atoms with Gasteiger partial charge in [-0.2, -0.15) is 0 Å². The van der Waals surface area contributed by atoms with Crippen LogP contribution in [-0.4, -0.2) is 35.8 Å². The molecule has 1 aromatic rings. The summed E-state index contributed by atoms with van der Waals surface area (Å²) in [6.45, 7) is 7.59. The van der Waals surface area contributed by atoms with Crippen molar-refractivity contribution >= 4 is 5.97 Å². The molecule has 0 amide bonds. The van der Waals surface area contributed by atoms with Crippen LogP contribution in [-0.2, 0) is 9.47 Å². The van der Waals surface area contributed by atoms with E-state index in [1.165, 1.54) is 0 Å². The molecule has 1 aromatic heterocycles. The number of ether oxygens (including phenoxy) is 2. The lowest BCUT2D eigenvalue weighted by Gasteiger charge is -2.14. The molecule has 0 spiro atoms. The van der Waals surface area contributed by atoms with Crippen LogP contribution in [0.5, 0.6) is 0 Å². The van der Waals surface area contributed by atoms with Gasteiger partial charge in [0.2, 0.25) is 0 Å². The molecule has 1 aliphatic heterocycles. The maximum atomic E-state index is 11.9. The third-order valence-electron chi connectivity index (χ3n) is 3.17. The maximum absolute atomic E-state index is 11.9. The van der Waals surface area contributed by atoms with Gasteiger partial charge in [0.25, 0.3) is 0 Å². The Morgan fingerprint density at radius 2 is 2.37 bits per heavy atom. The van der Waals surface area contributed by atoms with Gasteiger partial charge >= 0.3 is 5.97 Å². The summed E-state index contributed by atoms with van der Waals surface area (Å²) in [6, 6.07) is 0. The van der Waals surface area contributed by atoms with Crippen molar-refractivity contribution in [2.75, 3.05) is 19.8 Å². The fourth-order valence-corrected chi connectivity index (χ4v) is 2.15. The zero-order valence-electron chi connectivity index (χ0n) is 11.7. The summed E-state index contributed by atoms with van der Waals surface area (Å²) < 4.78 is 10.4. The van der Waals surface area contributed by atoms with Crippen LogP contribution < -0.4 is 0 Å². The lowest BCUT2D eigenvalue weighted by Crippen LogP contribution is -2.15. The van der Waals surface area contributed by atoms with E-state index in [4.69, 9.17) is 9.47 Å². The highest BCUT2D eigenvalue weighted by molar-refractivity contribution is 5.90. The molecule has 0 saturated carbocycles. The minimum Gasteiger partial charge on any atom is -0.462 e. The zero-order chi connectivity index (χ0) is 13.8. The van der Waals surface area contributed by atoms with Gasteiger partial charge in [-0.1, -0.05) is 13.8 Å². The van der Waals surface area contributed by atoms with Crippen molar-refractivity contribution in [3.05, 3.63) is 23.3 Å². The Morgan fingerprint density at radius 1 is 1.58 bits per heavy atom. The number of nitrogens with zero attached hydrogens (tertiary/aromatic N) is 2. The summed E-state index contributed by atoms with van der Waals surface area (Å²) >= 11 is 0. The fourth-order valence-electron chi connectivity index (χ4n) is 2.15. The van der Waals surface area contributed by atoms with Gasteiger partial charge < -0.3 is 9.47 Å². The average molecular weight is 264 g/mol. The highest BCUT2D eigenvalue weighted by atomic mass is 16.5. The SMILES string of the molecule is CCOC(=O)c1cnc(C2CCOC2)nc1C(C)C. The standard InChI is InChI=1S/C14H20N2O3/c1-4-19-14(17)11-7-15-13(10-5-6-18-8-10)16-12(11)9(2)3/h7,9-10H,4-6,8H2,1-3H3. The summed E-state index contributed by atoms with van der Waals surface area (Å²) in [7, 11) is 0. The van der Waals surface area contributed by atoms with Gasteiger partial charge in [-0.05, 0) is 19.3 Å². The summed E-state index contributed by atoms with van der Waals surface area (Å²) in [5, 5.41) is 0.